The molecule has 2 fully saturated rings. The first-order valence-corrected chi connectivity index (χ1v) is 7.55. The fourth-order valence-electron chi connectivity index (χ4n) is 3.57. The van der Waals surface area contributed by atoms with Gasteiger partial charge in [-0.2, -0.15) is 0 Å². The Morgan fingerprint density at radius 1 is 1.18 bits per heavy atom. The summed E-state index contributed by atoms with van der Waals surface area (Å²) in [6.07, 6.45) is 14.6. The predicted octanol–water partition coefficient (Wildman–Crippen LogP) is 3.63. The summed E-state index contributed by atoms with van der Waals surface area (Å²) >= 11 is 0. The normalized spacial score (nSPS) is 26.5. The molecule has 1 atom stereocenters. The van der Waals surface area contributed by atoms with Gasteiger partial charge in [0, 0.05) is 13.2 Å². The van der Waals surface area contributed by atoms with Crippen LogP contribution in [0.15, 0.2) is 0 Å². The highest BCUT2D eigenvalue weighted by Gasteiger charge is 2.38. The van der Waals surface area contributed by atoms with Gasteiger partial charge in [-0.3, -0.25) is 0 Å². The van der Waals surface area contributed by atoms with Crippen molar-refractivity contribution in [2.75, 3.05) is 7.11 Å². The maximum atomic E-state index is 6.28. The first-order chi connectivity index (χ1) is 8.24. The van der Waals surface area contributed by atoms with Crippen molar-refractivity contribution in [1.82, 2.24) is 0 Å². The molecular formula is C15H29NO. The van der Waals surface area contributed by atoms with E-state index in [4.69, 9.17) is 10.5 Å². The third kappa shape index (κ3) is 3.69. The number of hydrogen-bond donors (Lipinski definition) is 1. The smallest absolute Gasteiger partial charge is 0.0693 e. The van der Waals surface area contributed by atoms with Crippen LogP contribution < -0.4 is 5.73 Å². The van der Waals surface area contributed by atoms with Crippen LogP contribution in [0, 0.1) is 5.92 Å². The zero-order valence-corrected chi connectivity index (χ0v) is 11.4. The number of hydrogen-bond acceptors (Lipinski definition) is 2. The summed E-state index contributed by atoms with van der Waals surface area (Å²) in [5, 5.41) is 0. The topological polar surface area (TPSA) is 35.2 Å². The van der Waals surface area contributed by atoms with E-state index in [1.54, 1.807) is 0 Å². The van der Waals surface area contributed by atoms with Crippen molar-refractivity contribution in [3.8, 4) is 0 Å². The minimum atomic E-state index is 0.159. The van der Waals surface area contributed by atoms with Crippen LogP contribution in [-0.4, -0.2) is 18.8 Å². The van der Waals surface area contributed by atoms with E-state index in [2.05, 4.69) is 0 Å². The molecule has 0 spiro atoms. The molecule has 0 heterocycles. The monoisotopic (exact) mass is 239 g/mol. The largest absolute Gasteiger partial charge is 0.378 e. The Morgan fingerprint density at radius 2 is 1.88 bits per heavy atom. The predicted molar refractivity (Wildman–Crippen MR) is 72.0 cm³/mol. The van der Waals surface area contributed by atoms with Gasteiger partial charge in [0.2, 0.25) is 0 Å². The third-order valence-electron chi connectivity index (χ3n) is 5.00. The molecule has 0 amide bonds. The SMILES string of the molecule is COC1(CC(N)CCC2CCCCC2)CCC1. The Hall–Kier alpha value is -0.0800. The average Bonchev–Trinajstić information content (AvgIpc) is 2.33. The average molecular weight is 239 g/mol. The summed E-state index contributed by atoms with van der Waals surface area (Å²) in [6.45, 7) is 0. The summed E-state index contributed by atoms with van der Waals surface area (Å²) in [5.74, 6) is 0.967. The second-order valence-corrected chi connectivity index (χ2v) is 6.29. The lowest BCUT2D eigenvalue weighted by atomic mass is 9.74. The maximum absolute atomic E-state index is 6.28. The van der Waals surface area contributed by atoms with Crippen LogP contribution in [0.25, 0.3) is 0 Å². The Labute approximate surface area is 106 Å². The van der Waals surface area contributed by atoms with E-state index >= 15 is 0 Å². The van der Waals surface area contributed by atoms with E-state index in [1.807, 2.05) is 7.11 Å². The van der Waals surface area contributed by atoms with Crippen LogP contribution in [-0.2, 0) is 4.74 Å². The summed E-state index contributed by atoms with van der Waals surface area (Å²) in [6, 6.07) is 0.358. The van der Waals surface area contributed by atoms with Gasteiger partial charge in [-0.05, 0) is 44.4 Å². The molecule has 2 heteroatoms. The highest BCUT2D eigenvalue weighted by atomic mass is 16.5. The second-order valence-electron chi connectivity index (χ2n) is 6.29. The summed E-state index contributed by atoms with van der Waals surface area (Å²) in [4.78, 5) is 0. The molecule has 2 nitrogen and oxygen atoms in total. The van der Waals surface area contributed by atoms with Crippen LogP contribution in [0.2, 0.25) is 0 Å². The van der Waals surface area contributed by atoms with Crippen LogP contribution in [0.3, 0.4) is 0 Å². The van der Waals surface area contributed by atoms with Crippen LogP contribution >= 0.6 is 0 Å². The molecule has 0 aromatic rings. The van der Waals surface area contributed by atoms with Gasteiger partial charge >= 0.3 is 0 Å². The van der Waals surface area contributed by atoms with E-state index in [9.17, 15) is 0 Å². The first-order valence-electron chi connectivity index (χ1n) is 7.55. The minimum absolute atomic E-state index is 0.159. The van der Waals surface area contributed by atoms with E-state index in [1.165, 1.54) is 64.2 Å². The van der Waals surface area contributed by atoms with Gasteiger partial charge in [-0.1, -0.05) is 32.1 Å². The molecule has 2 N–H and O–H groups in total. The molecule has 2 aliphatic carbocycles. The fraction of sp³-hybridized carbons (Fsp3) is 1.00. The number of ether oxygens (including phenoxy) is 1. The van der Waals surface area contributed by atoms with E-state index in [0.29, 0.717) is 6.04 Å². The lowest BCUT2D eigenvalue weighted by Crippen LogP contribution is -2.44. The quantitative estimate of drug-likeness (QED) is 0.768. The van der Waals surface area contributed by atoms with Crippen LogP contribution in [0.1, 0.15) is 70.6 Å². The highest BCUT2D eigenvalue weighted by Crippen LogP contribution is 2.39. The van der Waals surface area contributed by atoms with Crippen molar-refractivity contribution in [3.63, 3.8) is 0 Å². The number of methoxy groups -OCH3 is 1. The summed E-state index contributed by atoms with van der Waals surface area (Å²) in [5.41, 5.74) is 6.44. The van der Waals surface area contributed by atoms with E-state index in [-0.39, 0.29) is 5.60 Å². The molecule has 2 saturated carbocycles. The Bertz CT molecular complexity index is 213. The number of rotatable bonds is 6. The molecular weight excluding hydrogens is 210 g/mol. The number of nitrogens with two attached hydrogens (primary N) is 1. The van der Waals surface area contributed by atoms with Gasteiger partial charge in [0.1, 0.15) is 0 Å². The van der Waals surface area contributed by atoms with E-state index in [0.717, 1.165) is 12.3 Å². The van der Waals surface area contributed by atoms with Crippen molar-refractivity contribution in [3.05, 3.63) is 0 Å². The van der Waals surface area contributed by atoms with Crippen molar-refractivity contribution in [1.29, 1.82) is 0 Å². The molecule has 2 rings (SSSR count). The molecule has 0 aliphatic heterocycles. The molecule has 2 aliphatic rings. The Morgan fingerprint density at radius 3 is 2.41 bits per heavy atom. The molecule has 0 aromatic heterocycles. The van der Waals surface area contributed by atoms with Crippen LogP contribution in [0.4, 0.5) is 0 Å². The van der Waals surface area contributed by atoms with E-state index < -0.39 is 0 Å². The first kappa shape index (κ1) is 13.4. The van der Waals surface area contributed by atoms with Crippen molar-refractivity contribution in [2.24, 2.45) is 11.7 Å². The van der Waals surface area contributed by atoms with Crippen molar-refractivity contribution >= 4 is 0 Å². The fourth-order valence-corrected chi connectivity index (χ4v) is 3.57. The highest BCUT2D eigenvalue weighted by molar-refractivity contribution is 4.92. The zero-order valence-electron chi connectivity index (χ0n) is 11.4. The zero-order chi connectivity index (χ0) is 12.1. The van der Waals surface area contributed by atoms with Gasteiger partial charge in [0.25, 0.3) is 0 Å². The van der Waals surface area contributed by atoms with Gasteiger partial charge < -0.3 is 10.5 Å². The molecule has 0 bridgehead atoms. The maximum Gasteiger partial charge on any atom is 0.0693 e. The Kier molecular flexibility index (Phi) is 4.87. The van der Waals surface area contributed by atoms with Gasteiger partial charge in [-0.25, -0.2) is 0 Å². The molecule has 0 radical (unpaired) electrons. The van der Waals surface area contributed by atoms with Gasteiger partial charge in [0.15, 0.2) is 0 Å². The molecule has 0 saturated heterocycles. The molecule has 100 valence electrons. The molecule has 1 unspecified atom stereocenters. The summed E-state index contributed by atoms with van der Waals surface area (Å²) < 4.78 is 5.66. The molecule has 17 heavy (non-hydrogen) atoms. The van der Waals surface area contributed by atoms with Crippen LogP contribution in [0.5, 0.6) is 0 Å². The lowest BCUT2D eigenvalue weighted by Gasteiger charge is -2.42. The minimum Gasteiger partial charge on any atom is -0.378 e. The Balaban J connectivity index is 1.64. The summed E-state index contributed by atoms with van der Waals surface area (Å²) in [7, 11) is 1.85. The standard InChI is InChI=1S/C15H29NO/c1-17-15(10-5-11-15)12-14(16)9-8-13-6-3-2-4-7-13/h13-14H,2-12,16H2,1H3. The van der Waals surface area contributed by atoms with Gasteiger partial charge in [-0.15, -0.1) is 0 Å². The molecule has 0 aromatic carbocycles. The van der Waals surface area contributed by atoms with Crippen molar-refractivity contribution < 1.29 is 4.74 Å². The third-order valence-corrected chi connectivity index (χ3v) is 5.00. The van der Waals surface area contributed by atoms with Gasteiger partial charge in [0.05, 0.1) is 5.60 Å². The second kappa shape index (κ2) is 6.19. The lowest BCUT2D eigenvalue weighted by molar-refractivity contribution is -0.0820. The van der Waals surface area contributed by atoms with Crippen molar-refractivity contribution in [2.45, 2.75) is 82.3 Å².